The van der Waals surface area contributed by atoms with Gasteiger partial charge in [-0.25, -0.2) is 0 Å². The Labute approximate surface area is 115 Å². The fourth-order valence-electron chi connectivity index (χ4n) is 3.39. The van der Waals surface area contributed by atoms with Gasteiger partial charge in [0.05, 0.1) is 6.07 Å². The minimum Gasteiger partial charge on any atom is -0.304 e. The number of rotatable bonds is 1. The molecule has 1 unspecified atom stereocenters. The summed E-state index contributed by atoms with van der Waals surface area (Å²) >= 11 is 0. The summed E-state index contributed by atoms with van der Waals surface area (Å²) in [7, 11) is 2.16. The van der Waals surface area contributed by atoms with Crippen molar-refractivity contribution in [2.24, 2.45) is 0 Å². The average molecular weight is 255 g/mol. The number of likely N-dealkylation sites (N-methyl/N-ethyl adjacent to an activating group) is 1. The summed E-state index contributed by atoms with van der Waals surface area (Å²) in [6.45, 7) is 4.19. The Morgan fingerprint density at radius 3 is 2.47 bits per heavy atom. The number of nitriles is 1. The largest absolute Gasteiger partial charge is 0.304 e. The molecule has 1 atom stereocenters. The molecule has 1 aromatic rings. The Bertz CT molecular complexity index is 497. The van der Waals surface area contributed by atoms with Crippen molar-refractivity contribution in [3.05, 3.63) is 35.4 Å². The highest BCUT2D eigenvalue weighted by Crippen LogP contribution is 2.33. The fourth-order valence-corrected chi connectivity index (χ4v) is 3.39. The second kappa shape index (κ2) is 4.96. The summed E-state index contributed by atoms with van der Waals surface area (Å²) in [5.74, 6) is 0. The average Bonchev–Trinajstić information content (AvgIpc) is 2.47. The lowest BCUT2D eigenvalue weighted by Crippen LogP contribution is -2.58. The molecule has 2 aliphatic rings. The zero-order valence-corrected chi connectivity index (χ0v) is 11.6. The maximum absolute atomic E-state index is 9.78. The van der Waals surface area contributed by atoms with Gasteiger partial charge in [0.2, 0.25) is 0 Å². The number of benzene rings is 1. The van der Waals surface area contributed by atoms with E-state index < -0.39 is 0 Å². The van der Waals surface area contributed by atoms with Crippen molar-refractivity contribution < 1.29 is 0 Å². The van der Waals surface area contributed by atoms with Gasteiger partial charge in [0.1, 0.15) is 5.54 Å². The number of fused-ring (bicyclic) bond motifs is 1. The monoisotopic (exact) mass is 255 g/mol. The maximum atomic E-state index is 9.78. The minimum atomic E-state index is -0.268. The Hall–Kier alpha value is -1.37. The van der Waals surface area contributed by atoms with Crippen molar-refractivity contribution in [2.75, 3.05) is 33.2 Å². The molecule has 0 saturated carbocycles. The molecule has 1 aromatic carbocycles. The normalized spacial score (nSPS) is 28.6. The molecule has 100 valence electrons. The lowest BCUT2D eigenvalue weighted by Gasteiger charge is -2.45. The molecule has 1 aliphatic carbocycles. The van der Waals surface area contributed by atoms with Crippen LogP contribution in [0.3, 0.4) is 0 Å². The van der Waals surface area contributed by atoms with Crippen LogP contribution in [0.15, 0.2) is 24.3 Å². The first-order valence-electron chi connectivity index (χ1n) is 7.15. The van der Waals surface area contributed by atoms with Gasteiger partial charge in [-0.05, 0) is 31.0 Å². The number of aryl methyl sites for hydroxylation is 1. The molecule has 0 spiro atoms. The third kappa shape index (κ3) is 2.27. The Balaban J connectivity index is 1.84. The van der Waals surface area contributed by atoms with Crippen LogP contribution in [0.4, 0.5) is 0 Å². The molecule has 0 aromatic heterocycles. The van der Waals surface area contributed by atoms with E-state index in [1.54, 1.807) is 0 Å². The Morgan fingerprint density at radius 1 is 1.11 bits per heavy atom. The molecular weight excluding hydrogens is 234 g/mol. The molecular formula is C16H21N3. The van der Waals surface area contributed by atoms with Crippen molar-refractivity contribution in [1.82, 2.24) is 9.80 Å². The van der Waals surface area contributed by atoms with Gasteiger partial charge in [-0.15, -0.1) is 0 Å². The van der Waals surface area contributed by atoms with E-state index in [9.17, 15) is 5.26 Å². The van der Waals surface area contributed by atoms with Gasteiger partial charge < -0.3 is 4.90 Å². The fraction of sp³-hybridized carbons (Fsp3) is 0.562. The van der Waals surface area contributed by atoms with Gasteiger partial charge in [0.15, 0.2) is 0 Å². The van der Waals surface area contributed by atoms with E-state index in [1.807, 2.05) is 0 Å². The third-order valence-corrected chi connectivity index (χ3v) is 4.73. The highest BCUT2D eigenvalue weighted by molar-refractivity contribution is 5.35. The zero-order chi connectivity index (χ0) is 13.3. The van der Waals surface area contributed by atoms with E-state index in [1.165, 1.54) is 11.1 Å². The van der Waals surface area contributed by atoms with Crippen LogP contribution >= 0.6 is 0 Å². The van der Waals surface area contributed by atoms with Crippen LogP contribution in [0.1, 0.15) is 17.5 Å². The van der Waals surface area contributed by atoms with Crippen LogP contribution in [-0.2, 0) is 12.8 Å². The van der Waals surface area contributed by atoms with E-state index in [4.69, 9.17) is 0 Å². The first-order valence-corrected chi connectivity index (χ1v) is 7.15. The molecule has 3 rings (SSSR count). The number of hydrogen-bond acceptors (Lipinski definition) is 3. The van der Waals surface area contributed by atoms with Crippen molar-refractivity contribution >= 4 is 0 Å². The topological polar surface area (TPSA) is 30.3 Å². The van der Waals surface area contributed by atoms with Crippen LogP contribution in [0.5, 0.6) is 0 Å². The van der Waals surface area contributed by atoms with Gasteiger partial charge in [0, 0.05) is 32.6 Å². The summed E-state index contributed by atoms with van der Waals surface area (Å²) in [5.41, 5.74) is 2.53. The van der Waals surface area contributed by atoms with E-state index in [0.29, 0.717) is 0 Å². The lowest BCUT2D eigenvalue weighted by atomic mass is 9.77. The SMILES string of the molecule is CN1CCN(C2(C#N)CCc3ccccc3C2)CC1. The van der Waals surface area contributed by atoms with Gasteiger partial charge in [-0.2, -0.15) is 5.26 Å². The highest BCUT2D eigenvalue weighted by Gasteiger charge is 2.40. The second-order valence-corrected chi connectivity index (χ2v) is 5.88. The predicted octanol–water partition coefficient (Wildman–Crippen LogP) is 1.69. The quantitative estimate of drug-likeness (QED) is 0.765. The molecule has 1 saturated heterocycles. The molecule has 1 fully saturated rings. The van der Waals surface area contributed by atoms with Crippen LogP contribution in [-0.4, -0.2) is 48.6 Å². The van der Waals surface area contributed by atoms with Gasteiger partial charge >= 0.3 is 0 Å². The first-order chi connectivity index (χ1) is 9.23. The third-order valence-electron chi connectivity index (χ3n) is 4.73. The van der Waals surface area contributed by atoms with E-state index >= 15 is 0 Å². The summed E-state index contributed by atoms with van der Waals surface area (Å²) < 4.78 is 0. The Kier molecular flexibility index (Phi) is 3.30. The number of nitrogens with zero attached hydrogens (tertiary/aromatic N) is 3. The molecule has 0 N–H and O–H groups in total. The van der Waals surface area contributed by atoms with Crippen molar-refractivity contribution in [1.29, 1.82) is 5.26 Å². The molecule has 0 radical (unpaired) electrons. The Morgan fingerprint density at radius 2 is 1.79 bits per heavy atom. The van der Waals surface area contributed by atoms with Crippen LogP contribution in [0, 0.1) is 11.3 Å². The van der Waals surface area contributed by atoms with Crippen LogP contribution in [0.25, 0.3) is 0 Å². The summed E-state index contributed by atoms with van der Waals surface area (Å²) in [5, 5.41) is 9.78. The van der Waals surface area contributed by atoms with Crippen molar-refractivity contribution in [3.63, 3.8) is 0 Å². The van der Waals surface area contributed by atoms with E-state index in [2.05, 4.69) is 47.2 Å². The number of hydrogen-bond donors (Lipinski definition) is 0. The van der Waals surface area contributed by atoms with Gasteiger partial charge in [0.25, 0.3) is 0 Å². The van der Waals surface area contributed by atoms with Crippen molar-refractivity contribution in [2.45, 2.75) is 24.8 Å². The minimum absolute atomic E-state index is 0.268. The molecule has 0 amide bonds. The smallest absolute Gasteiger partial charge is 0.113 e. The maximum Gasteiger partial charge on any atom is 0.113 e. The first kappa shape index (κ1) is 12.7. The molecule has 0 bridgehead atoms. The molecule has 1 heterocycles. The van der Waals surface area contributed by atoms with Crippen LogP contribution in [0.2, 0.25) is 0 Å². The standard InChI is InChI=1S/C16H21N3/c1-18-8-10-19(11-9-18)16(13-17)7-6-14-4-2-3-5-15(14)12-16/h2-5H,6-12H2,1H3. The van der Waals surface area contributed by atoms with Gasteiger partial charge in [-0.1, -0.05) is 24.3 Å². The lowest BCUT2D eigenvalue weighted by molar-refractivity contribution is 0.0646. The van der Waals surface area contributed by atoms with E-state index in [-0.39, 0.29) is 5.54 Å². The molecule has 3 heteroatoms. The molecule has 1 aliphatic heterocycles. The summed E-state index contributed by atoms with van der Waals surface area (Å²) in [4.78, 5) is 4.77. The molecule has 3 nitrogen and oxygen atoms in total. The number of piperazine rings is 1. The van der Waals surface area contributed by atoms with E-state index in [0.717, 1.165) is 45.4 Å². The predicted molar refractivity (Wildman–Crippen MR) is 75.9 cm³/mol. The zero-order valence-electron chi connectivity index (χ0n) is 11.6. The van der Waals surface area contributed by atoms with Crippen molar-refractivity contribution in [3.8, 4) is 6.07 Å². The van der Waals surface area contributed by atoms with Gasteiger partial charge in [-0.3, -0.25) is 4.90 Å². The van der Waals surface area contributed by atoms with Crippen LogP contribution < -0.4 is 0 Å². The molecule has 19 heavy (non-hydrogen) atoms. The summed E-state index contributed by atoms with van der Waals surface area (Å²) in [6, 6.07) is 11.2. The second-order valence-electron chi connectivity index (χ2n) is 5.88. The highest BCUT2D eigenvalue weighted by atomic mass is 15.3. The summed E-state index contributed by atoms with van der Waals surface area (Å²) in [6.07, 6.45) is 2.91.